The highest BCUT2D eigenvalue weighted by Gasteiger charge is 2.19. The lowest BCUT2D eigenvalue weighted by Crippen LogP contribution is -2.32. The summed E-state index contributed by atoms with van der Waals surface area (Å²) in [6.07, 6.45) is 0. The highest BCUT2D eigenvalue weighted by Crippen LogP contribution is 2.21. The Bertz CT molecular complexity index is 1140. The molecule has 0 saturated heterocycles. The van der Waals surface area contributed by atoms with Gasteiger partial charge < -0.3 is 14.6 Å². The van der Waals surface area contributed by atoms with Gasteiger partial charge in [0.1, 0.15) is 5.75 Å². The molecule has 1 amide bonds. The topological polar surface area (TPSA) is 115 Å². The Morgan fingerprint density at radius 1 is 1.16 bits per heavy atom. The van der Waals surface area contributed by atoms with Crippen molar-refractivity contribution in [1.29, 1.82) is 0 Å². The van der Waals surface area contributed by atoms with Crippen molar-refractivity contribution in [3.8, 4) is 17.1 Å². The Labute approximate surface area is 181 Å². The molecular formula is C21H24N4O5S. The third-order valence-electron chi connectivity index (χ3n) is 4.60. The van der Waals surface area contributed by atoms with Crippen molar-refractivity contribution in [2.45, 2.75) is 20.4 Å². The van der Waals surface area contributed by atoms with Gasteiger partial charge in [-0.25, -0.2) is 8.42 Å². The quantitative estimate of drug-likeness (QED) is 0.540. The van der Waals surface area contributed by atoms with Gasteiger partial charge in [-0.15, -0.1) is 0 Å². The van der Waals surface area contributed by atoms with Crippen LogP contribution in [0.25, 0.3) is 11.4 Å². The van der Waals surface area contributed by atoms with Gasteiger partial charge in [-0.1, -0.05) is 17.3 Å². The Kier molecular flexibility index (Phi) is 6.91. The molecular weight excluding hydrogens is 420 g/mol. The first-order chi connectivity index (χ1) is 14.9. The fourth-order valence-electron chi connectivity index (χ4n) is 2.94. The smallest absolute Gasteiger partial charge is 0.251 e. The maximum absolute atomic E-state index is 12.4. The second-order valence-corrected chi connectivity index (χ2v) is 8.72. The molecule has 3 rings (SSSR count). The first-order valence-electron chi connectivity index (χ1n) is 9.73. The van der Waals surface area contributed by atoms with Crippen LogP contribution in [0.5, 0.6) is 5.75 Å². The highest BCUT2D eigenvalue weighted by molar-refractivity contribution is 7.92. The number of hydrogen-bond donors (Lipinski definition) is 1. The van der Waals surface area contributed by atoms with Crippen molar-refractivity contribution >= 4 is 21.6 Å². The van der Waals surface area contributed by atoms with Crippen LogP contribution in [0.1, 0.15) is 30.1 Å². The molecule has 0 radical (unpaired) electrons. The van der Waals surface area contributed by atoms with E-state index in [1.807, 2.05) is 18.2 Å². The Hall–Kier alpha value is -3.40. The number of amides is 1. The summed E-state index contributed by atoms with van der Waals surface area (Å²) >= 11 is 0. The van der Waals surface area contributed by atoms with E-state index in [2.05, 4.69) is 15.5 Å². The molecule has 0 unspecified atom stereocenters. The number of carbonyl (C=O) groups is 1. The number of carbonyl (C=O) groups excluding carboxylic acids is 1. The van der Waals surface area contributed by atoms with Crippen molar-refractivity contribution in [3.05, 3.63) is 60.0 Å². The van der Waals surface area contributed by atoms with E-state index in [1.54, 1.807) is 51.3 Å². The van der Waals surface area contributed by atoms with Crippen molar-refractivity contribution in [3.63, 3.8) is 0 Å². The minimum atomic E-state index is -3.37. The maximum atomic E-state index is 12.4. The van der Waals surface area contributed by atoms with Crippen LogP contribution in [0.3, 0.4) is 0 Å². The number of anilines is 1. The number of sulfonamides is 1. The van der Waals surface area contributed by atoms with Gasteiger partial charge in [-0.05, 0) is 50.2 Å². The summed E-state index contributed by atoms with van der Waals surface area (Å²) in [5.41, 5.74) is 1.64. The third kappa shape index (κ3) is 5.21. The largest absolute Gasteiger partial charge is 0.497 e. The first-order valence-corrected chi connectivity index (χ1v) is 11.3. The molecule has 0 spiro atoms. The van der Waals surface area contributed by atoms with Gasteiger partial charge in [0.2, 0.25) is 21.7 Å². The summed E-state index contributed by atoms with van der Waals surface area (Å²) in [4.78, 5) is 16.7. The molecule has 1 N–H and O–H groups in total. The van der Waals surface area contributed by atoms with Crippen molar-refractivity contribution in [1.82, 2.24) is 15.5 Å². The average molecular weight is 445 g/mol. The lowest BCUT2D eigenvalue weighted by molar-refractivity contribution is 0.0946. The average Bonchev–Trinajstić information content (AvgIpc) is 3.27. The zero-order valence-corrected chi connectivity index (χ0v) is 18.3. The molecule has 10 heteroatoms. The second-order valence-electron chi connectivity index (χ2n) is 6.54. The second kappa shape index (κ2) is 9.61. The van der Waals surface area contributed by atoms with Crippen LogP contribution in [-0.4, -0.2) is 43.9 Å². The van der Waals surface area contributed by atoms with Crippen LogP contribution in [0.4, 0.5) is 5.69 Å². The molecule has 0 saturated carbocycles. The minimum absolute atomic E-state index is 0.00497. The predicted octanol–water partition coefficient (Wildman–Crippen LogP) is 2.85. The number of benzene rings is 2. The number of hydrogen-bond acceptors (Lipinski definition) is 7. The molecule has 0 fully saturated rings. The Morgan fingerprint density at radius 2 is 1.90 bits per heavy atom. The van der Waals surface area contributed by atoms with E-state index in [0.29, 0.717) is 29.4 Å². The van der Waals surface area contributed by atoms with E-state index in [9.17, 15) is 13.2 Å². The predicted molar refractivity (Wildman–Crippen MR) is 116 cm³/mol. The summed E-state index contributed by atoms with van der Waals surface area (Å²) in [6.45, 7) is 3.73. The van der Waals surface area contributed by atoms with Crippen molar-refractivity contribution < 1.29 is 22.5 Å². The molecule has 0 atom stereocenters. The number of aromatic nitrogens is 2. The summed E-state index contributed by atoms with van der Waals surface area (Å²) < 4.78 is 36.0. The Morgan fingerprint density at radius 3 is 2.55 bits per heavy atom. The van der Waals surface area contributed by atoms with Gasteiger partial charge in [0.15, 0.2) is 0 Å². The molecule has 9 nitrogen and oxygen atoms in total. The van der Waals surface area contributed by atoms with Crippen LogP contribution in [0.2, 0.25) is 0 Å². The van der Waals surface area contributed by atoms with Gasteiger partial charge in [0.05, 0.1) is 25.1 Å². The molecule has 31 heavy (non-hydrogen) atoms. The van der Waals surface area contributed by atoms with Gasteiger partial charge in [-0.3, -0.25) is 9.10 Å². The fourth-order valence-corrected chi connectivity index (χ4v) is 4.09. The molecule has 1 aromatic heterocycles. The van der Waals surface area contributed by atoms with Gasteiger partial charge in [-0.2, -0.15) is 4.98 Å². The molecule has 3 aromatic rings. The lowest BCUT2D eigenvalue weighted by Gasteiger charge is -2.22. The zero-order chi connectivity index (χ0) is 22.4. The van der Waals surface area contributed by atoms with E-state index >= 15 is 0 Å². The Balaban J connectivity index is 1.64. The molecule has 0 aliphatic heterocycles. The van der Waals surface area contributed by atoms with Crippen LogP contribution < -0.4 is 14.4 Å². The monoisotopic (exact) mass is 444 g/mol. The van der Waals surface area contributed by atoms with Gasteiger partial charge >= 0.3 is 0 Å². The first kappa shape index (κ1) is 22.3. The summed E-state index contributed by atoms with van der Waals surface area (Å²) in [5.74, 6) is 0.992. The highest BCUT2D eigenvalue weighted by atomic mass is 32.2. The number of ether oxygens (including phenoxy) is 1. The fraction of sp³-hybridized carbons (Fsp3) is 0.286. The summed E-state index contributed by atoms with van der Waals surface area (Å²) in [7, 11) is -1.80. The van der Waals surface area contributed by atoms with Crippen LogP contribution >= 0.6 is 0 Å². The summed E-state index contributed by atoms with van der Waals surface area (Å²) in [6, 6.07) is 13.6. The number of nitrogens with one attached hydrogen (secondary N) is 1. The van der Waals surface area contributed by atoms with Gasteiger partial charge in [0, 0.05) is 17.7 Å². The van der Waals surface area contributed by atoms with Crippen LogP contribution in [0, 0.1) is 0 Å². The molecule has 1 heterocycles. The van der Waals surface area contributed by atoms with Gasteiger partial charge in [0.25, 0.3) is 5.91 Å². The SMILES string of the molecule is CCN(c1ccc(C(=O)NCc2nc(-c3cccc(OC)c3)no2)cc1)S(=O)(=O)CC. The molecule has 2 aromatic carbocycles. The minimum Gasteiger partial charge on any atom is -0.497 e. The van der Waals surface area contributed by atoms with E-state index < -0.39 is 10.0 Å². The van der Waals surface area contributed by atoms with E-state index in [1.165, 1.54) is 4.31 Å². The number of methoxy groups -OCH3 is 1. The van der Waals surface area contributed by atoms with Crippen molar-refractivity contribution in [2.75, 3.05) is 23.7 Å². The number of rotatable bonds is 9. The zero-order valence-electron chi connectivity index (χ0n) is 17.5. The molecule has 0 aliphatic rings. The number of nitrogens with zero attached hydrogens (tertiary/aromatic N) is 3. The standard InChI is InChI=1S/C21H24N4O5S/c1-4-25(31(27,28)5-2)17-11-9-15(10-12-17)21(26)22-14-19-23-20(24-30-19)16-7-6-8-18(13-16)29-3/h6-13H,4-5,14H2,1-3H3,(H,22,26). The van der Waals surface area contributed by atoms with Crippen LogP contribution in [0.15, 0.2) is 53.1 Å². The van der Waals surface area contributed by atoms with E-state index in [4.69, 9.17) is 9.26 Å². The van der Waals surface area contributed by atoms with E-state index in [0.717, 1.165) is 5.56 Å². The molecule has 164 valence electrons. The van der Waals surface area contributed by atoms with Crippen LogP contribution in [-0.2, 0) is 16.6 Å². The molecule has 0 aliphatic carbocycles. The molecule has 0 bridgehead atoms. The summed E-state index contributed by atoms with van der Waals surface area (Å²) in [5, 5.41) is 6.64. The van der Waals surface area contributed by atoms with Crippen molar-refractivity contribution in [2.24, 2.45) is 0 Å². The lowest BCUT2D eigenvalue weighted by atomic mass is 10.2. The van der Waals surface area contributed by atoms with E-state index in [-0.39, 0.29) is 24.1 Å². The maximum Gasteiger partial charge on any atom is 0.251 e. The third-order valence-corrected chi connectivity index (χ3v) is 6.47. The normalized spacial score (nSPS) is 11.2.